The summed E-state index contributed by atoms with van der Waals surface area (Å²) in [5, 5.41) is 3.27. The zero-order valence-electron chi connectivity index (χ0n) is 14.0. The number of nitrogens with zero attached hydrogens (tertiary/aromatic N) is 2. The second kappa shape index (κ2) is 7.10. The number of hydrogen-bond acceptors (Lipinski definition) is 4. The van der Waals surface area contributed by atoms with E-state index in [1.807, 2.05) is 6.92 Å². The summed E-state index contributed by atoms with van der Waals surface area (Å²) in [6, 6.07) is 0. The molecule has 21 heavy (non-hydrogen) atoms. The lowest BCUT2D eigenvalue weighted by Crippen LogP contribution is -2.36. The average Bonchev–Trinajstić information content (AvgIpc) is 2.43. The van der Waals surface area contributed by atoms with Crippen molar-refractivity contribution in [3.63, 3.8) is 0 Å². The molecule has 4 heteroatoms. The molecule has 0 aliphatic heterocycles. The predicted octanol–water partition coefficient (Wildman–Crippen LogP) is 4.06. The zero-order chi connectivity index (χ0) is 15.4. The summed E-state index contributed by atoms with van der Waals surface area (Å²) in [5.41, 5.74) is 1.01. The summed E-state index contributed by atoms with van der Waals surface area (Å²) < 4.78 is 6.33. The topological polar surface area (TPSA) is 47.0 Å². The highest BCUT2D eigenvalue weighted by Crippen LogP contribution is 2.36. The summed E-state index contributed by atoms with van der Waals surface area (Å²) in [4.78, 5) is 8.65. The quantitative estimate of drug-likeness (QED) is 0.889. The molecule has 1 aliphatic rings. The van der Waals surface area contributed by atoms with Crippen LogP contribution in [-0.4, -0.2) is 22.6 Å². The molecule has 1 saturated carbocycles. The molecule has 4 nitrogen and oxygen atoms in total. The highest BCUT2D eigenvalue weighted by molar-refractivity contribution is 5.47. The van der Waals surface area contributed by atoms with Gasteiger partial charge < -0.3 is 10.1 Å². The zero-order valence-corrected chi connectivity index (χ0v) is 14.0. The van der Waals surface area contributed by atoms with Gasteiger partial charge in [-0.2, -0.15) is 0 Å². The van der Waals surface area contributed by atoms with Crippen molar-refractivity contribution in [3.05, 3.63) is 11.9 Å². The normalized spacial score (nSPS) is 25.9. The van der Waals surface area contributed by atoms with Gasteiger partial charge in [0.15, 0.2) is 0 Å². The first-order valence-electron chi connectivity index (χ1n) is 8.25. The highest BCUT2D eigenvalue weighted by Gasteiger charge is 2.32. The fraction of sp³-hybridized carbons (Fsp3) is 0.765. The number of rotatable bonds is 5. The second-order valence-electron chi connectivity index (χ2n) is 6.67. The molecule has 0 amide bonds. The Morgan fingerprint density at radius 3 is 2.76 bits per heavy atom. The van der Waals surface area contributed by atoms with Crippen LogP contribution in [0.25, 0.3) is 0 Å². The van der Waals surface area contributed by atoms with Crippen LogP contribution >= 0.6 is 0 Å². The number of anilines is 1. The molecule has 2 rings (SSSR count). The minimum absolute atomic E-state index is 0.275. The van der Waals surface area contributed by atoms with Crippen LogP contribution in [0.3, 0.4) is 0 Å². The first-order chi connectivity index (χ1) is 10.0. The van der Waals surface area contributed by atoms with Crippen LogP contribution in [0.5, 0.6) is 5.88 Å². The maximum atomic E-state index is 6.33. The Labute approximate surface area is 128 Å². The molecule has 118 valence electrons. The van der Waals surface area contributed by atoms with Crippen molar-refractivity contribution in [3.8, 4) is 5.88 Å². The van der Waals surface area contributed by atoms with Gasteiger partial charge in [-0.25, -0.2) is 9.97 Å². The van der Waals surface area contributed by atoms with Gasteiger partial charge in [-0.05, 0) is 44.4 Å². The minimum Gasteiger partial charge on any atom is -0.474 e. The minimum atomic E-state index is 0.275. The van der Waals surface area contributed by atoms with E-state index < -0.39 is 0 Å². The molecule has 3 unspecified atom stereocenters. The molecule has 0 radical (unpaired) electrons. The molecule has 3 atom stereocenters. The van der Waals surface area contributed by atoms with E-state index >= 15 is 0 Å². The predicted molar refractivity (Wildman–Crippen MR) is 86.7 cm³/mol. The Hall–Kier alpha value is -1.32. The van der Waals surface area contributed by atoms with Gasteiger partial charge >= 0.3 is 0 Å². The van der Waals surface area contributed by atoms with Crippen molar-refractivity contribution in [1.82, 2.24) is 9.97 Å². The van der Waals surface area contributed by atoms with E-state index in [1.54, 1.807) is 6.33 Å². The maximum absolute atomic E-state index is 6.33. The molecular formula is C17H29N3O. The maximum Gasteiger partial charge on any atom is 0.221 e. The number of hydrogen-bond donors (Lipinski definition) is 1. The van der Waals surface area contributed by atoms with Gasteiger partial charge in [0.1, 0.15) is 18.2 Å². The third-order valence-corrected chi connectivity index (χ3v) is 4.61. The highest BCUT2D eigenvalue weighted by atomic mass is 16.5. The van der Waals surface area contributed by atoms with Gasteiger partial charge in [0.25, 0.3) is 0 Å². The van der Waals surface area contributed by atoms with Gasteiger partial charge in [0.2, 0.25) is 5.88 Å². The molecule has 1 fully saturated rings. The van der Waals surface area contributed by atoms with Crippen molar-refractivity contribution in [2.45, 2.75) is 60.0 Å². The Bertz CT molecular complexity index is 461. The van der Waals surface area contributed by atoms with Crippen molar-refractivity contribution in [2.75, 3.05) is 11.9 Å². The van der Waals surface area contributed by atoms with Gasteiger partial charge in [0, 0.05) is 6.54 Å². The van der Waals surface area contributed by atoms with Crippen molar-refractivity contribution in [2.24, 2.45) is 17.8 Å². The molecule has 1 aliphatic carbocycles. The van der Waals surface area contributed by atoms with E-state index in [2.05, 4.69) is 43.0 Å². The van der Waals surface area contributed by atoms with Crippen molar-refractivity contribution >= 4 is 5.82 Å². The Balaban J connectivity index is 2.16. The van der Waals surface area contributed by atoms with Crippen LogP contribution < -0.4 is 10.1 Å². The number of nitrogens with one attached hydrogen (secondary N) is 1. The van der Waals surface area contributed by atoms with Crippen LogP contribution in [0.15, 0.2) is 6.33 Å². The standard InChI is InChI=1S/C17H29N3O/c1-6-18-16-13(5)17(20-10-19-16)21-15-9-12(4)7-8-14(15)11(2)3/h10-12,14-15H,6-9H2,1-5H3,(H,18,19,20). The Kier molecular flexibility index (Phi) is 5.43. The lowest BCUT2D eigenvalue weighted by atomic mass is 9.75. The van der Waals surface area contributed by atoms with E-state index in [9.17, 15) is 0 Å². The second-order valence-corrected chi connectivity index (χ2v) is 6.67. The van der Waals surface area contributed by atoms with Crippen LogP contribution in [0, 0.1) is 24.7 Å². The van der Waals surface area contributed by atoms with Gasteiger partial charge in [-0.3, -0.25) is 0 Å². The van der Waals surface area contributed by atoms with Gasteiger partial charge in [-0.1, -0.05) is 27.2 Å². The van der Waals surface area contributed by atoms with E-state index in [0.717, 1.165) is 36.1 Å². The molecule has 0 aromatic carbocycles. The smallest absolute Gasteiger partial charge is 0.221 e. The Morgan fingerprint density at radius 2 is 2.10 bits per heavy atom. The van der Waals surface area contributed by atoms with E-state index in [-0.39, 0.29) is 6.10 Å². The fourth-order valence-corrected chi connectivity index (χ4v) is 3.29. The first-order valence-corrected chi connectivity index (χ1v) is 8.25. The number of aromatic nitrogens is 2. The van der Waals surface area contributed by atoms with Crippen molar-refractivity contribution in [1.29, 1.82) is 0 Å². The number of ether oxygens (including phenoxy) is 1. The summed E-state index contributed by atoms with van der Waals surface area (Å²) in [5.74, 6) is 3.63. The third-order valence-electron chi connectivity index (χ3n) is 4.61. The SMILES string of the molecule is CCNc1ncnc(OC2CC(C)CCC2C(C)C)c1C. The molecule has 0 spiro atoms. The largest absolute Gasteiger partial charge is 0.474 e. The third kappa shape index (κ3) is 3.86. The molecule has 1 aromatic rings. The summed E-state index contributed by atoms with van der Waals surface area (Å²) in [6.45, 7) is 11.9. The van der Waals surface area contributed by atoms with Crippen LogP contribution in [0.2, 0.25) is 0 Å². The van der Waals surface area contributed by atoms with E-state index in [1.165, 1.54) is 12.8 Å². The van der Waals surface area contributed by atoms with Gasteiger partial charge in [-0.15, -0.1) is 0 Å². The average molecular weight is 291 g/mol. The molecule has 0 saturated heterocycles. The lowest BCUT2D eigenvalue weighted by molar-refractivity contribution is 0.0420. The fourth-order valence-electron chi connectivity index (χ4n) is 3.29. The monoisotopic (exact) mass is 291 g/mol. The molecule has 1 N–H and O–H groups in total. The molecule has 1 heterocycles. The van der Waals surface area contributed by atoms with Crippen LogP contribution in [0.1, 0.15) is 52.5 Å². The van der Waals surface area contributed by atoms with E-state index in [0.29, 0.717) is 11.8 Å². The Morgan fingerprint density at radius 1 is 1.33 bits per heavy atom. The first kappa shape index (κ1) is 16.1. The molecule has 1 aromatic heterocycles. The molecular weight excluding hydrogens is 262 g/mol. The van der Waals surface area contributed by atoms with Crippen molar-refractivity contribution < 1.29 is 4.74 Å². The van der Waals surface area contributed by atoms with Crippen LogP contribution in [0.4, 0.5) is 5.82 Å². The lowest BCUT2D eigenvalue weighted by Gasteiger charge is -2.37. The summed E-state index contributed by atoms with van der Waals surface area (Å²) in [6.07, 6.45) is 5.57. The summed E-state index contributed by atoms with van der Waals surface area (Å²) >= 11 is 0. The van der Waals surface area contributed by atoms with E-state index in [4.69, 9.17) is 4.74 Å². The summed E-state index contributed by atoms with van der Waals surface area (Å²) in [7, 11) is 0. The molecule has 0 bridgehead atoms. The van der Waals surface area contributed by atoms with Gasteiger partial charge in [0.05, 0.1) is 5.56 Å². The van der Waals surface area contributed by atoms with Crippen LogP contribution in [-0.2, 0) is 0 Å².